The standard InChI is InChI=1S/C19H19ClN2O2/c1-3-12(2)21-19(23)14-7-8-16-17(11-14)24-18(22-16)10-13-5-4-6-15(20)9-13/h4-9,11-12H,3,10H2,1-2H3,(H,21,23)/t12-/m1/s1. The van der Waals surface area contributed by atoms with E-state index in [-0.39, 0.29) is 11.9 Å². The summed E-state index contributed by atoms with van der Waals surface area (Å²) in [7, 11) is 0. The Kier molecular flexibility index (Phi) is 4.86. The molecule has 3 rings (SSSR count). The molecule has 3 aromatic rings. The van der Waals surface area contributed by atoms with Gasteiger partial charge in [-0.25, -0.2) is 4.98 Å². The van der Waals surface area contributed by atoms with Gasteiger partial charge in [0.1, 0.15) is 5.52 Å². The minimum Gasteiger partial charge on any atom is -0.440 e. The first kappa shape index (κ1) is 16.5. The minimum absolute atomic E-state index is 0.0981. The molecule has 0 aliphatic carbocycles. The van der Waals surface area contributed by atoms with Crippen LogP contribution in [0.4, 0.5) is 0 Å². The Morgan fingerprint density at radius 3 is 2.88 bits per heavy atom. The van der Waals surface area contributed by atoms with Crippen molar-refractivity contribution >= 4 is 28.6 Å². The van der Waals surface area contributed by atoms with Crippen LogP contribution in [-0.2, 0) is 6.42 Å². The molecular weight excluding hydrogens is 324 g/mol. The number of hydrogen-bond donors (Lipinski definition) is 1. The molecule has 0 unspecified atom stereocenters. The van der Waals surface area contributed by atoms with Gasteiger partial charge in [0.2, 0.25) is 0 Å². The number of benzene rings is 2. The van der Waals surface area contributed by atoms with E-state index in [1.807, 2.05) is 44.2 Å². The molecule has 1 amide bonds. The molecule has 1 heterocycles. The van der Waals surface area contributed by atoms with E-state index in [9.17, 15) is 4.79 Å². The van der Waals surface area contributed by atoms with Crippen molar-refractivity contribution in [3.05, 3.63) is 64.5 Å². The molecule has 4 nitrogen and oxygen atoms in total. The average molecular weight is 343 g/mol. The van der Waals surface area contributed by atoms with Crippen molar-refractivity contribution < 1.29 is 9.21 Å². The highest BCUT2D eigenvalue weighted by molar-refractivity contribution is 6.30. The zero-order valence-corrected chi connectivity index (χ0v) is 14.4. The molecular formula is C19H19ClN2O2. The molecule has 124 valence electrons. The normalized spacial score (nSPS) is 12.3. The van der Waals surface area contributed by atoms with E-state index in [1.54, 1.807) is 12.1 Å². The van der Waals surface area contributed by atoms with Crippen molar-refractivity contribution in [2.24, 2.45) is 0 Å². The lowest BCUT2D eigenvalue weighted by Crippen LogP contribution is -2.31. The third-order valence-corrected chi connectivity index (χ3v) is 4.16. The van der Waals surface area contributed by atoms with Gasteiger partial charge in [-0.15, -0.1) is 0 Å². The Hall–Kier alpha value is -2.33. The number of nitrogens with zero attached hydrogens (tertiary/aromatic N) is 1. The number of halogens is 1. The SMILES string of the molecule is CC[C@@H](C)NC(=O)c1ccc2nc(Cc3cccc(Cl)c3)oc2c1. The first-order valence-electron chi connectivity index (χ1n) is 8.00. The van der Waals surface area contributed by atoms with Crippen LogP contribution >= 0.6 is 11.6 Å². The summed E-state index contributed by atoms with van der Waals surface area (Å²) in [6, 6.07) is 13.1. The number of hydrogen-bond acceptors (Lipinski definition) is 3. The Morgan fingerprint density at radius 1 is 1.29 bits per heavy atom. The van der Waals surface area contributed by atoms with E-state index in [1.165, 1.54) is 0 Å². The molecule has 1 N–H and O–H groups in total. The Balaban J connectivity index is 1.82. The number of nitrogens with one attached hydrogen (secondary N) is 1. The summed E-state index contributed by atoms with van der Waals surface area (Å²) >= 11 is 6.00. The molecule has 1 atom stereocenters. The lowest BCUT2D eigenvalue weighted by atomic mass is 10.1. The van der Waals surface area contributed by atoms with Gasteiger partial charge in [-0.05, 0) is 49.2 Å². The van der Waals surface area contributed by atoms with Crippen LogP contribution in [0, 0.1) is 0 Å². The second kappa shape index (κ2) is 7.05. The number of rotatable bonds is 5. The van der Waals surface area contributed by atoms with Crippen LogP contribution in [0.15, 0.2) is 46.9 Å². The number of carbonyl (C=O) groups excluding carboxylic acids is 1. The molecule has 0 saturated carbocycles. The van der Waals surface area contributed by atoms with Crippen LogP contribution in [0.3, 0.4) is 0 Å². The quantitative estimate of drug-likeness (QED) is 0.737. The molecule has 2 aromatic carbocycles. The van der Waals surface area contributed by atoms with E-state index in [0.29, 0.717) is 28.5 Å². The molecule has 5 heteroatoms. The van der Waals surface area contributed by atoms with E-state index in [0.717, 1.165) is 17.5 Å². The molecule has 0 aliphatic heterocycles. The van der Waals surface area contributed by atoms with Crippen LogP contribution in [0.5, 0.6) is 0 Å². The highest BCUT2D eigenvalue weighted by Crippen LogP contribution is 2.20. The monoisotopic (exact) mass is 342 g/mol. The van der Waals surface area contributed by atoms with Gasteiger partial charge in [-0.3, -0.25) is 4.79 Å². The maximum atomic E-state index is 12.2. The number of oxazole rings is 1. The molecule has 0 aliphatic rings. The minimum atomic E-state index is -0.0981. The largest absolute Gasteiger partial charge is 0.440 e. The number of fused-ring (bicyclic) bond motifs is 1. The van der Waals surface area contributed by atoms with E-state index >= 15 is 0 Å². The van der Waals surface area contributed by atoms with Crippen molar-refractivity contribution in [1.29, 1.82) is 0 Å². The fourth-order valence-corrected chi connectivity index (χ4v) is 2.63. The van der Waals surface area contributed by atoms with Crippen LogP contribution < -0.4 is 5.32 Å². The summed E-state index contributed by atoms with van der Waals surface area (Å²) in [4.78, 5) is 16.7. The smallest absolute Gasteiger partial charge is 0.251 e. The maximum absolute atomic E-state index is 12.2. The van der Waals surface area contributed by atoms with Crippen LogP contribution in [0.2, 0.25) is 5.02 Å². The van der Waals surface area contributed by atoms with Crippen molar-refractivity contribution in [3.63, 3.8) is 0 Å². The van der Waals surface area contributed by atoms with Crippen LogP contribution in [-0.4, -0.2) is 16.9 Å². The summed E-state index contributed by atoms with van der Waals surface area (Å²) in [6.07, 6.45) is 1.45. The first-order chi connectivity index (χ1) is 11.5. The zero-order valence-electron chi connectivity index (χ0n) is 13.7. The van der Waals surface area contributed by atoms with Crippen molar-refractivity contribution in [2.45, 2.75) is 32.7 Å². The van der Waals surface area contributed by atoms with E-state index in [4.69, 9.17) is 16.0 Å². The zero-order chi connectivity index (χ0) is 17.1. The summed E-state index contributed by atoms with van der Waals surface area (Å²) in [5.41, 5.74) is 2.97. The Labute approximate surface area is 145 Å². The van der Waals surface area contributed by atoms with Gasteiger partial charge in [0, 0.05) is 23.0 Å². The van der Waals surface area contributed by atoms with Gasteiger partial charge in [-0.1, -0.05) is 30.7 Å². The Morgan fingerprint density at radius 2 is 2.12 bits per heavy atom. The summed E-state index contributed by atoms with van der Waals surface area (Å²) in [5.74, 6) is 0.505. The van der Waals surface area contributed by atoms with Crippen LogP contribution in [0.1, 0.15) is 42.1 Å². The lowest BCUT2D eigenvalue weighted by molar-refractivity contribution is 0.0939. The predicted octanol–water partition coefficient (Wildman–Crippen LogP) is 4.60. The molecule has 0 fully saturated rings. The van der Waals surface area contributed by atoms with Gasteiger partial charge < -0.3 is 9.73 Å². The Bertz CT molecular complexity index is 873. The van der Waals surface area contributed by atoms with E-state index < -0.39 is 0 Å². The number of amides is 1. The van der Waals surface area contributed by atoms with Crippen molar-refractivity contribution in [3.8, 4) is 0 Å². The van der Waals surface area contributed by atoms with Gasteiger partial charge in [0.25, 0.3) is 5.91 Å². The number of carbonyl (C=O) groups is 1. The number of aromatic nitrogens is 1. The second-order valence-corrected chi connectivity index (χ2v) is 6.32. The molecule has 0 bridgehead atoms. The third kappa shape index (κ3) is 3.77. The summed E-state index contributed by atoms with van der Waals surface area (Å²) < 4.78 is 5.80. The van der Waals surface area contributed by atoms with Gasteiger partial charge in [0.05, 0.1) is 0 Å². The fourth-order valence-electron chi connectivity index (χ4n) is 2.42. The van der Waals surface area contributed by atoms with Gasteiger partial charge in [0.15, 0.2) is 11.5 Å². The van der Waals surface area contributed by atoms with E-state index in [2.05, 4.69) is 10.3 Å². The highest BCUT2D eigenvalue weighted by Gasteiger charge is 2.12. The second-order valence-electron chi connectivity index (χ2n) is 5.88. The van der Waals surface area contributed by atoms with Crippen LogP contribution in [0.25, 0.3) is 11.1 Å². The topological polar surface area (TPSA) is 55.1 Å². The lowest BCUT2D eigenvalue weighted by Gasteiger charge is -2.10. The summed E-state index contributed by atoms with van der Waals surface area (Å²) in [5, 5.41) is 3.64. The van der Waals surface area contributed by atoms with Crippen molar-refractivity contribution in [2.75, 3.05) is 0 Å². The molecule has 0 spiro atoms. The van der Waals surface area contributed by atoms with Gasteiger partial charge in [-0.2, -0.15) is 0 Å². The molecule has 24 heavy (non-hydrogen) atoms. The average Bonchev–Trinajstić information content (AvgIpc) is 2.95. The molecule has 1 aromatic heterocycles. The van der Waals surface area contributed by atoms with Crippen molar-refractivity contribution in [1.82, 2.24) is 10.3 Å². The molecule has 0 saturated heterocycles. The molecule has 0 radical (unpaired) electrons. The summed E-state index contributed by atoms with van der Waals surface area (Å²) in [6.45, 7) is 4.01. The maximum Gasteiger partial charge on any atom is 0.251 e. The van der Waals surface area contributed by atoms with Gasteiger partial charge >= 0.3 is 0 Å². The fraction of sp³-hybridized carbons (Fsp3) is 0.263. The highest BCUT2D eigenvalue weighted by atomic mass is 35.5. The first-order valence-corrected chi connectivity index (χ1v) is 8.37. The third-order valence-electron chi connectivity index (χ3n) is 3.93. The predicted molar refractivity (Wildman–Crippen MR) is 95.5 cm³/mol.